The second kappa shape index (κ2) is 6.74. The zero-order valence-electron chi connectivity index (χ0n) is 15.6. The zero-order chi connectivity index (χ0) is 18.5. The highest BCUT2D eigenvalue weighted by Gasteiger charge is 2.51. The summed E-state index contributed by atoms with van der Waals surface area (Å²) in [6.07, 6.45) is 3.29. The SMILES string of the molecule is C.CC1(C)C[C@@H]2C[C@@](C)(CN2C(=O)c2cccc(-c3ccc(F)cc3)n2)C1. The van der Waals surface area contributed by atoms with Crippen LogP contribution in [0, 0.1) is 16.6 Å². The van der Waals surface area contributed by atoms with E-state index < -0.39 is 0 Å². The number of benzene rings is 1. The van der Waals surface area contributed by atoms with Gasteiger partial charge in [0.25, 0.3) is 5.91 Å². The fourth-order valence-corrected chi connectivity index (χ4v) is 5.18. The Kier molecular flexibility index (Phi) is 4.87. The van der Waals surface area contributed by atoms with E-state index >= 15 is 0 Å². The van der Waals surface area contributed by atoms with Crippen LogP contribution in [0.1, 0.15) is 57.9 Å². The van der Waals surface area contributed by atoms with Crippen molar-refractivity contribution in [2.24, 2.45) is 10.8 Å². The van der Waals surface area contributed by atoms with E-state index in [1.54, 1.807) is 18.2 Å². The number of fused-ring (bicyclic) bond motifs is 2. The Morgan fingerprint density at radius 1 is 1.11 bits per heavy atom. The summed E-state index contributed by atoms with van der Waals surface area (Å²) in [6.45, 7) is 7.72. The summed E-state index contributed by atoms with van der Waals surface area (Å²) >= 11 is 0. The summed E-state index contributed by atoms with van der Waals surface area (Å²) in [5.74, 6) is -0.262. The number of amides is 1. The van der Waals surface area contributed by atoms with E-state index in [9.17, 15) is 9.18 Å². The molecule has 1 amide bonds. The molecule has 0 unspecified atom stereocenters. The first-order valence-corrected chi connectivity index (χ1v) is 9.29. The van der Waals surface area contributed by atoms with Crippen LogP contribution < -0.4 is 0 Å². The third-order valence-corrected chi connectivity index (χ3v) is 5.78. The fourth-order valence-electron chi connectivity index (χ4n) is 5.18. The van der Waals surface area contributed by atoms with E-state index in [1.165, 1.54) is 12.1 Å². The highest BCUT2D eigenvalue weighted by atomic mass is 19.1. The van der Waals surface area contributed by atoms with Crippen LogP contribution in [0.4, 0.5) is 4.39 Å². The van der Waals surface area contributed by atoms with E-state index in [0.29, 0.717) is 17.4 Å². The fraction of sp³-hybridized carbons (Fsp3) is 0.478. The number of aromatic nitrogens is 1. The number of carbonyl (C=O) groups excluding carboxylic acids is 1. The molecular formula is C23H29FN2O. The maximum absolute atomic E-state index is 13.2. The lowest BCUT2D eigenvalue weighted by molar-refractivity contribution is 0.0702. The van der Waals surface area contributed by atoms with Crippen molar-refractivity contribution in [1.82, 2.24) is 9.88 Å². The van der Waals surface area contributed by atoms with E-state index in [0.717, 1.165) is 31.4 Å². The van der Waals surface area contributed by atoms with E-state index in [-0.39, 0.29) is 30.0 Å². The lowest BCUT2D eigenvalue weighted by atomic mass is 9.65. The molecule has 2 bridgehead atoms. The number of nitrogens with zero attached hydrogens (tertiary/aromatic N) is 2. The predicted molar refractivity (Wildman–Crippen MR) is 107 cm³/mol. The molecule has 4 rings (SSSR count). The average molecular weight is 368 g/mol. The van der Waals surface area contributed by atoms with E-state index in [4.69, 9.17) is 0 Å². The van der Waals surface area contributed by atoms with Crippen LogP contribution in [-0.2, 0) is 0 Å². The Bertz CT molecular complexity index is 846. The second-order valence-corrected chi connectivity index (χ2v) is 9.06. The van der Waals surface area contributed by atoms with Crippen LogP contribution in [-0.4, -0.2) is 28.4 Å². The maximum Gasteiger partial charge on any atom is 0.272 e. The zero-order valence-corrected chi connectivity index (χ0v) is 15.6. The summed E-state index contributed by atoms with van der Waals surface area (Å²) in [5, 5.41) is 0. The molecule has 1 aromatic carbocycles. The van der Waals surface area contributed by atoms with Gasteiger partial charge in [0.05, 0.1) is 5.69 Å². The molecule has 2 atom stereocenters. The maximum atomic E-state index is 13.2. The van der Waals surface area contributed by atoms with Gasteiger partial charge in [-0.3, -0.25) is 4.79 Å². The van der Waals surface area contributed by atoms with Crippen LogP contribution in [0.25, 0.3) is 11.3 Å². The van der Waals surface area contributed by atoms with Gasteiger partial charge in [0.1, 0.15) is 11.5 Å². The molecule has 1 saturated heterocycles. The Morgan fingerprint density at radius 2 is 1.81 bits per heavy atom. The van der Waals surface area contributed by atoms with Gasteiger partial charge in [0, 0.05) is 18.2 Å². The second-order valence-electron chi connectivity index (χ2n) is 9.06. The van der Waals surface area contributed by atoms with Gasteiger partial charge in [-0.15, -0.1) is 0 Å². The summed E-state index contributed by atoms with van der Waals surface area (Å²) in [4.78, 5) is 19.8. The smallest absolute Gasteiger partial charge is 0.272 e. The van der Waals surface area contributed by atoms with Gasteiger partial charge in [-0.2, -0.15) is 0 Å². The van der Waals surface area contributed by atoms with Gasteiger partial charge in [0.15, 0.2) is 0 Å². The van der Waals surface area contributed by atoms with Crippen molar-refractivity contribution in [3.63, 3.8) is 0 Å². The summed E-state index contributed by atoms with van der Waals surface area (Å²) in [5.41, 5.74) is 2.46. The van der Waals surface area contributed by atoms with Gasteiger partial charge < -0.3 is 4.90 Å². The van der Waals surface area contributed by atoms with Crippen LogP contribution in [0.15, 0.2) is 42.5 Å². The molecule has 27 heavy (non-hydrogen) atoms. The number of pyridine rings is 1. The van der Waals surface area contributed by atoms with Gasteiger partial charge in [-0.05, 0) is 66.5 Å². The van der Waals surface area contributed by atoms with Crippen molar-refractivity contribution in [3.05, 3.63) is 54.0 Å². The van der Waals surface area contributed by atoms with Gasteiger partial charge in [-0.25, -0.2) is 9.37 Å². The van der Waals surface area contributed by atoms with Crippen molar-refractivity contribution in [2.75, 3.05) is 6.54 Å². The molecule has 2 fully saturated rings. The lowest BCUT2D eigenvalue weighted by Crippen LogP contribution is -2.38. The van der Waals surface area contributed by atoms with Gasteiger partial charge in [0.2, 0.25) is 0 Å². The molecule has 2 heterocycles. The van der Waals surface area contributed by atoms with Crippen molar-refractivity contribution >= 4 is 5.91 Å². The van der Waals surface area contributed by atoms with Crippen molar-refractivity contribution < 1.29 is 9.18 Å². The largest absolute Gasteiger partial charge is 0.334 e. The first-order valence-electron chi connectivity index (χ1n) is 9.29. The Balaban J connectivity index is 0.00000210. The summed E-state index contributed by atoms with van der Waals surface area (Å²) < 4.78 is 13.2. The Morgan fingerprint density at radius 3 is 2.52 bits per heavy atom. The van der Waals surface area contributed by atoms with Gasteiger partial charge in [-0.1, -0.05) is 34.3 Å². The van der Waals surface area contributed by atoms with E-state index in [2.05, 4.69) is 25.8 Å². The van der Waals surface area contributed by atoms with Crippen LogP contribution >= 0.6 is 0 Å². The third kappa shape index (κ3) is 3.76. The predicted octanol–water partition coefficient (Wildman–Crippen LogP) is 5.56. The molecule has 1 aromatic heterocycles. The monoisotopic (exact) mass is 368 g/mol. The lowest BCUT2D eigenvalue weighted by Gasteiger charge is -2.39. The minimum Gasteiger partial charge on any atom is -0.334 e. The molecule has 0 radical (unpaired) electrons. The number of carbonyl (C=O) groups is 1. The molecule has 1 aliphatic carbocycles. The molecule has 1 aliphatic heterocycles. The number of hydrogen-bond donors (Lipinski definition) is 0. The minimum atomic E-state index is -0.277. The number of rotatable bonds is 2. The first-order chi connectivity index (χ1) is 12.2. The normalized spacial score (nSPS) is 25.8. The van der Waals surface area contributed by atoms with Crippen LogP contribution in [0.3, 0.4) is 0 Å². The number of halogens is 1. The molecule has 3 nitrogen and oxygen atoms in total. The number of likely N-dealkylation sites (tertiary alicyclic amines) is 1. The summed E-state index contributed by atoms with van der Waals surface area (Å²) in [7, 11) is 0. The molecule has 0 N–H and O–H groups in total. The van der Waals surface area contributed by atoms with Crippen molar-refractivity contribution in [3.8, 4) is 11.3 Å². The standard InChI is InChI=1S/C22H25FN2O.CH4/c1-21(2)11-17-12-22(3,13-21)14-25(17)20(26)19-6-4-5-18(24-19)15-7-9-16(23)10-8-15;/h4-10,17H,11-14H2,1-3H3;1H4/t17-,22-;/m1./s1. The molecule has 2 aromatic rings. The van der Waals surface area contributed by atoms with Crippen molar-refractivity contribution in [1.29, 1.82) is 0 Å². The van der Waals surface area contributed by atoms with Gasteiger partial charge >= 0.3 is 0 Å². The highest BCUT2D eigenvalue weighted by Crippen LogP contribution is 2.52. The molecule has 2 aliphatic rings. The topological polar surface area (TPSA) is 33.2 Å². The first kappa shape index (κ1) is 19.5. The Labute approximate surface area is 161 Å². The molecule has 1 saturated carbocycles. The summed E-state index contributed by atoms with van der Waals surface area (Å²) in [6, 6.07) is 12.0. The molecule has 0 spiro atoms. The van der Waals surface area contributed by atoms with Crippen LogP contribution in [0.5, 0.6) is 0 Å². The molecule has 144 valence electrons. The van der Waals surface area contributed by atoms with E-state index in [1.807, 2.05) is 17.0 Å². The van der Waals surface area contributed by atoms with Crippen molar-refractivity contribution in [2.45, 2.75) is 53.5 Å². The number of hydrogen-bond acceptors (Lipinski definition) is 2. The molecular weight excluding hydrogens is 339 g/mol. The average Bonchev–Trinajstić information content (AvgIpc) is 2.84. The molecule has 4 heteroatoms. The third-order valence-electron chi connectivity index (χ3n) is 5.78. The highest BCUT2D eigenvalue weighted by molar-refractivity contribution is 5.93. The Hall–Kier alpha value is -2.23. The quantitative estimate of drug-likeness (QED) is 0.695. The van der Waals surface area contributed by atoms with Crippen LogP contribution in [0.2, 0.25) is 0 Å². The minimum absolute atomic E-state index is 0.